The molecule has 0 aliphatic carbocycles. The normalized spacial score (nSPS) is 12.6. The summed E-state index contributed by atoms with van der Waals surface area (Å²) >= 11 is 1.56. The summed E-state index contributed by atoms with van der Waals surface area (Å²) in [5.74, 6) is 0. The third-order valence-corrected chi connectivity index (χ3v) is 3.43. The molecule has 1 aromatic heterocycles. The second-order valence-electron chi connectivity index (χ2n) is 3.60. The minimum absolute atomic E-state index is 0.139. The fourth-order valence-corrected chi connectivity index (χ4v) is 2.57. The summed E-state index contributed by atoms with van der Waals surface area (Å²) in [4.78, 5) is 0. The number of methoxy groups -OCH3 is 1. The number of nitrogens with two attached hydrogens (primary N) is 1. The third-order valence-electron chi connectivity index (χ3n) is 2.40. The van der Waals surface area contributed by atoms with Crippen molar-refractivity contribution in [3.05, 3.63) is 45.9 Å². The van der Waals surface area contributed by atoms with Crippen LogP contribution in [0.3, 0.4) is 0 Å². The zero-order valence-corrected chi connectivity index (χ0v) is 10.5. The largest absolute Gasteiger partial charge is 0.369 e. The van der Waals surface area contributed by atoms with E-state index in [0.717, 1.165) is 22.0 Å². The summed E-state index contributed by atoms with van der Waals surface area (Å²) < 4.78 is 5.49. The van der Waals surface area contributed by atoms with Crippen LogP contribution in [0, 0.1) is 0 Å². The molecular formula is C12H15N3OS. The van der Waals surface area contributed by atoms with Crippen LogP contribution in [0.1, 0.15) is 21.7 Å². The van der Waals surface area contributed by atoms with E-state index >= 15 is 0 Å². The molecule has 17 heavy (non-hydrogen) atoms. The first-order chi connectivity index (χ1) is 8.35. The SMILES string of the molecule is COC(c1ccccc1)c1nnc(CCN)s1. The van der Waals surface area contributed by atoms with Gasteiger partial charge in [0.1, 0.15) is 11.1 Å². The van der Waals surface area contributed by atoms with Gasteiger partial charge in [-0.2, -0.15) is 0 Å². The van der Waals surface area contributed by atoms with Crippen LogP contribution in [0.4, 0.5) is 0 Å². The number of hydrogen-bond acceptors (Lipinski definition) is 5. The Balaban J connectivity index is 2.23. The standard InChI is InChI=1S/C12H15N3OS/c1-16-11(9-5-3-2-4-6-9)12-15-14-10(17-12)7-8-13/h2-6,11H,7-8,13H2,1H3. The van der Waals surface area contributed by atoms with Gasteiger partial charge in [0.05, 0.1) is 0 Å². The van der Waals surface area contributed by atoms with Crippen molar-refractivity contribution in [3.63, 3.8) is 0 Å². The van der Waals surface area contributed by atoms with Gasteiger partial charge in [-0.05, 0) is 12.1 Å². The van der Waals surface area contributed by atoms with Gasteiger partial charge in [0.2, 0.25) is 0 Å². The van der Waals surface area contributed by atoms with Gasteiger partial charge in [0, 0.05) is 13.5 Å². The lowest BCUT2D eigenvalue weighted by Crippen LogP contribution is -2.02. The Kier molecular flexibility index (Phi) is 4.19. The topological polar surface area (TPSA) is 61.0 Å². The van der Waals surface area contributed by atoms with Gasteiger partial charge in [-0.1, -0.05) is 41.7 Å². The van der Waals surface area contributed by atoms with Crippen LogP contribution < -0.4 is 5.73 Å². The number of aromatic nitrogens is 2. The van der Waals surface area contributed by atoms with Crippen molar-refractivity contribution in [1.82, 2.24) is 10.2 Å². The molecule has 0 saturated heterocycles. The Hall–Kier alpha value is -1.30. The van der Waals surface area contributed by atoms with Gasteiger partial charge >= 0.3 is 0 Å². The van der Waals surface area contributed by atoms with Crippen LogP contribution in [0.15, 0.2) is 30.3 Å². The highest BCUT2D eigenvalue weighted by atomic mass is 32.1. The molecule has 1 atom stereocenters. The van der Waals surface area contributed by atoms with Gasteiger partial charge < -0.3 is 10.5 Å². The van der Waals surface area contributed by atoms with E-state index in [4.69, 9.17) is 10.5 Å². The summed E-state index contributed by atoms with van der Waals surface area (Å²) in [5.41, 5.74) is 6.59. The predicted octanol–water partition coefficient (Wildman–Crippen LogP) is 1.78. The second-order valence-corrected chi connectivity index (χ2v) is 4.69. The predicted molar refractivity (Wildman–Crippen MR) is 68.0 cm³/mol. The molecule has 0 bridgehead atoms. The molecule has 90 valence electrons. The Bertz CT molecular complexity index is 458. The van der Waals surface area contributed by atoms with Gasteiger partial charge in [-0.25, -0.2) is 0 Å². The molecule has 0 aliphatic rings. The van der Waals surface area contributed by atoms with Crippen LogP contribution in [0.5, 0.6) is 0 Å². The number of hydrogen-bond donors (Lipinski definition) is 1. The highest BCUT2D eigenvalue weighted by Crippen LogP contribution is 2.27. The molecule has 0 fully saturated rings. The first-order valence-corrected chi connectivity index (χ1v) is 6.27. The summed E-state index contributed by atoms with van der Waals surface area (Å²) in [7, 11) is 1.68. The molecule has 2 rings (SSSR count). The van der Waals surface area contributed by atoms with Crippen molar-refractivity contribution in [2.75, 3.05) is 13.7 Å². The van der Waals surface area contributed by atoms with Gasteiger partial charge in [0.25, 0.3) is 0 Å². The van der Waals surface area contributed by atoms with Crippen molar-refractivity contribution in [1.29, 1.82) is 0 Å². The van der Waals surface area contributed by atoms with Crippen molar-refractivity contribution in [2.24, 2.45) is 5.73 Å². The average molecular weight is 249 g/mol. The molecule has 5 heteroatoms. The quantitative estimate of drug-likeness (QED) is 0.877. The Morgan fingerprint density at radius 1 is 1.29 bits per heavy atom. The molecule has 4 nitrogen and oxygen atoms in total. The van der Waals surface area contributed by atoms with E-state index in [0.29, 0.717) is 6.54 Å². The maximum Gasteiger partial charge on any atom is 0.151 e. The van der Waals surface area contributed by atoms with Gasteiger partial charge in [-0.15, -0.1) is 10.2 Å². The van der Waals surface area contributed by atoms with Gasteiger partial charge in [-0.3, -0.25) is 0 Å². The molecule has 0 spiro atoms. The van der Waals surface area contributed by atoms with Crippen molar-refractivity contribution >= 4 is 11.3 Å². The lowest BCUT2D eigenvalue weighted by molar-refractivity contribution is 0.135. The average Bonchev–Trinajstić information content (AvgIpc) is 2.81. The van der Waals surface area contributed by atoms with E-state index in [1.807, 2.05) is 30.3 Å². The Morgan fingerprint density at radius 2 is 2.06 bits per heavy atom. The first kappa shape index (κ1) is 12.2. The molecule has 2 N–H and O–H groups in total. The molecule has 0 amide bonds. The summed E-state index contributed by atoms with van der Waals surface area (Å²) in [6.07, 6.45) is 0.628. The van der Waals surface area contributed by atoms with E-state index in [1.54, 1.807) is 18.4 Å². The molecule has 0 aliphatic heterocycles. The molecule has 1 heterocycles. The van der Waals surface area contributed by atoms with E-state index < -0.39 is 0 Å². The number of nitrogens with zero attached hydrogens (tertiary/aromatic N) is 2. The fraction of sp³-hybridized carbons (Fsp3) is 0.333. The van der Waals surface area contributed by atoms with Crippen LogP contribution >= 0.6 is 11.3 Å². The minimum Gasteiger partial charge on any atom is -0.369 e. The molecule has 0 radical (unpaired) electrons. The zero-order valence-electron chi connectivity index (χ0n) is 9.67. The monoisotopic (exact) mass is 249 g/mol. The number of benzene rings is 1. The number of ether oxygens (including phenoxy) is 1. The lowest BCUT2D eigenvalue weighted by atomic mass is 10.1. The molecule has 2 aromatic rings. The Morgan fingerprint density at radius 3 is 2.71 bits per heavy atom. The van der Waals surface area contributed by atoms with E-state index in [1.165, 1.54) is 0 Å². The van der Waals surface area contributed by atoms with Crippen LogP contribution in [0.25, 0.3) is 0 Å². The molecule has 0 saturated carbocycles. The van der Waals surface area contributed by atoms with Crippen molar-refractivity contribution < 1.29 is 4.74 Å². The highest BCUT2D eigenvalue weighted by molar-refractivity contribution is 7.11. The van der Waals surface area contributed by atoms with E-state index in [2.05, 4.69) is 10.2 Å². The zero-order chi connectivity index (χ0) is 12.1. The molecular weight excluding hydrogens is 234 g/mol. The number of rotatable bonds is 5. The first-order valence-electron chi connectivity index (χ1n) is 5.45. The lowest BCUT2D eigenvalue weighted by Gasteiger charge is -2.11. The van der Waals surface area contributed by atoms with Crippen molar-refractivity contribution in [2.45, 2.75) is 12.5 Å². The highest BCUT2D eigenvalue weighted by Gasteiger charge is 2.17. The van der Waals surface area contributed by atoms with Crippen LogP contribution in [0.2, 0.25) is 0 Å². The molecule has 1 aromatic carbocycles. The van der Waals surface area contributed by atoms with Crippen LogP contribution in [-0.2, 0) is 11.2 Å². The maximum absolute atomic E-state index is 5.50. The van der Waals surface area contributed by atoms with Crippen LogP contribution in [-0.4, -0.2) is 23.9 Å². The summed E-state index contributed by atoms with van der Waals surface area (Å²) in [6, 6.07) is 10.0. The van der Waals surface area contributed by atoms with E-state index in [9.17, 15) is 0 Å². The van der Waals surface area contributed by atoms with Crippen molar-refractivity contribution in [3.8, 4) is 0 Å². The summed E-state index contributed by atoms with van der Waals surface area (Å²) in [6.45, 7) is 0.595. The fourth-order valence-electron chi connectivity index (χ4n) is 1.60. The Labute approximate surface area is 104 Å². The molecule has 1 unspecified atom stereocenters. The van der Waals surface area contributed by atoms with Gasteiger partial charge in [0.15, 0.2) is 5.01 Å². The minimum atomic E-state index is -0.139. The third kappa shape index (κ3) is 2.88. The van der Waals surface area contributed by atoms with E-state index in [-0.39, 0.29) is 6.10 Å². The summed E-state index contributed by atoms with van der Waals surface area (Å²) in [5, 5.41) is 10.1. The maximum atomic E-state index is 5.50. The smallest absolute Gasteiger partial charge is 0.151 e. The second kappa shape index (κ2) is 5.86.